The van der Waals surface area contributed by atoms with Crippen LogP contribution >= 0.6 is 23.1 Å². The fraction of sp³-hybridized carbons (Fsp3) is 0.188. The van der Waals surface area contributed by atoms with Crippen molar-refractivity contribution in [2.45, 2.75) is 18.0 Å². The van der Waals surface area contributed by atoms with Crippen LogP contribution in [0, 0.1) is 0 Å². The summed E-state index contributed by atoms with van der Waals surface area (Å²) in [5, 5.41) is 16.0. The molecule has 4 nitrogen and oxygen atoms in total. The van der Waals surface area contributed by atoms with Crippen molar-refractivity contribution in [2.75, 3.05) is 5.75 Å². The molecule has 1 unspecified atom stereocenters. The first-order valence-electron chi connectivity index (χ1n) is 6.90. The van der Waals surface area contributed by atoms with Gasteiger partial charge >= 0.3 is 0 Å². The monoisotopic (exact) mass is 329 g/mol. The third-order valence-corrected chi connectivity index (χ3v) is 5.26. The number of rotatable bonds is 5. The molecule has 1 amide bonds. The molecule has 0 aliphatic rings. The molecule has 6 heteroatoms. The first kappa shape index (κ1) is 15.0. The summed E-state index contributed by atoms with van der Waals surface area (Å²) in [6, 6.07) is 12.0. The smallest absolute Gasteiger partial charge is 0.230 e. The van der Waals surface area contributed by atoms with Crippen molar-refractivity contribution in [3.8, 4) is 0 Å². The molecule has 1 N–H and O–H groups in total. The minimum absolute atomic E-state index is 0.000587. The zero-order valence-corrected chi connectivity index (χ0v) is 13.7. The number of aromatic nitrogens is 2. The standard InChI is InChI=1S/C16H15N3OS2/c1-11(14-7-4-8-21-14)18-15(20)10-22-16-13-6-3-2-5-12(13)9-17-19-16/h2-9,11H,10H2,1H3,(H,18,20). The van der Waals surface area contributed by atoms with E-state index in [1.807, 2.05) is 48.7 Å². The van der Waals surface area contributed by atoms with Crippen LogP contribution in [0.25, 0.3) is 10.8 Å². The van der Waals surface area contributed by atoms with Crippen molar-refractivity contribution in [1.82, 2.24) is 15.5 Å². The molecule has 22 heavy (non-hydrogen) atoms. The number of thioether (sulfide) groups is 1. The summed E-state index contributed by atoms with van der Waals surface area (Å²) in [5.41, 5.74) is 0. The second-order valence-electron chi connectivity index (χ2n) is 4.83. The largest absolute Gasteiger partial charge is 0.348 e. The van der Waals surface area contributed by atoms with E-state index in [4.69, 9.17) is 0 Å². The molecular weight excluding hydrogens is 314 g/mol. The van der Waals surface area contributed by atoms with E-state index in [9.17, 15) is 4.79 Å². The van der Waals surface area contributed by atoms with Crippen molar-refractivity contribution in [2.24, 2.45) is 0 Å². The van der Waals surface area contributed by atoms with Gasteiger partial charge in [-0.1, -0.05) is 42.1 Å². The molecule has 1 aromatic carbocycles. The average Bonchev–Trinajstić information content (AvgIpc) is 3.07. The second-order valence-corrected chi connectivity index (χ2v) is 6.77. The van der Waals surface area contributed by atoms with Gasteiger partial charge in [-0.2, -0.15) is 5.10 Å². The van der Waals surface area contributed by atoms with Gasteiger partial charge in [-0.15, -0.1) is 16.4 Å². The third kappa shape index (κ3) is 3.45. The van der Waals surface area contributed by atoms with E-state index in [0.29, 0.717) is 5.75 Å². The van der Waals surface area contributed by atoms with Crippen LogP contribution in [-0.4, -0.2) is 21.9 Å². The summed E-state index contributed by atoms with van der Waals surface area (Å²) >= 11 is 3.06. The van der Waals surface area contributed by atoms with Crippen LogP contribution in [-0.2, 0) is 4.79 Å². The lowest BCUT2D eigenvalue weighted by atomic mass is 10.2. The fourth-order valence-corrected chi connectivity index (χ4v) is 3.67. The second kappa shape index (κ2) is 6.89. The minimum Gasteiger partial charge on any atom is -0.348 e. The van der Waals surface area contributed by atoms with E-state index < -0.39 is 0 Å². The maximum absolute atomic E-state index is 12.1. The van der Waals surface area contributed by atoms with Crippen molar-refractivity contribution >= 4 is 39.8 Å². The molecule has 0 aliphatic heterocycles. The topological polar surface area (TPSA) is 54.9 Å². The predicted molar refractivity (Wildman–Crippen MR) is 91.1 cm³/mol. The summed E-state index contributed by atoms with van der Waals surface area (Å²) in [6.07, 6.45) is 1.73. The number of carbonyl (C=O) groups excluding carboxylic acids is 1. The lowest BCUT2D eigenvalue weighted by Gasteiger charge is -2.12. The molecule has 0 saturated heterocycles. The van der Waals surface area contributed by atoms with E-state index in [0.717, 1.165) is 20.7 Å². The Bertz CT molecular complexity index is 769. The van der Waals surface area contributed by atoms with Gasteiger partial charge in [-0.05, 0) is 18.4 Å². The highest BCUT2D eigenvalue weighted by molar-refractivity contribution is 8.00. The average molecular weight is 329 g/mol. The molecule has 0 radical (unpaired) electrons. The van der Waals surface area contributed by atoms with Gasteiger partial charge in [-0.3, -0.25) is 4.79 Å². The van der Waals surface area contributed by atoms with Crippen molar-refractivity contribution in [3.63, 3.8) is 0 Å². The van der Waals surface area contributed by atoms with Crippen LogP contribution in [0.2, 0.25) is 0 Å². The molecule has 1 atom stereocenters. The van der Waals surface area contributed by atoms with Gasteiger partial charge < -0.3 is 5.32 Å². The first-order chi connectivity index (χ1) is 10.7. The lowest BCUT2D eigenvalue weighted by Crippen LogP contribution is -2.27. The summed E-state index contributed by atoms with van der Waals surface area (Å²) < 4.78 is 0. The summed E-state index contributed by atoms with van der Waals surface area (Å²) in [5.74, 6) is 0.332. The number of nitrogens with one attached hydrogen (secondary N) is 1. The zero-order valence-electron chi connectivity index (χ0n) is 12.0. The molecule has 3 rings (SSSR count). The van der Waals surface area contributed by atoms with Crippen LogP contribution in [0.5, 0.6) is 0 Å². The molecule has 0 spiro atoms. The molecule has 3 aromatic rings. The van der Waals surface area contributed by atoms with Gasteiger partial charge in [0.25, 0.3) is 0 Å². The number of carbonyl (C=O) groups is 1. The molecule has 112 valence electrons. The maximum Gasteiger partial charge on any atom is 0.230 e. The Morgan fingerprint density at radius 1 is 1.32 bits per heavy atom. The van der Waals surface area contributed by atoms with Crippen LogP contribution < -0.4 is 5.32 Å². The number of nitrogens with zero attached hydrogens (tertiary/aromatic N) is 2. The zero-order chi connectivity index (χ0) is 15.4. The van der Waals surface area contributed by atoms with Crippen LogP contribution in [0.3, 0.4) is 0 Å². The minimum atomic E-state index is 0.000587. The Hall–Kier alpha value is -1.92. The van der Waals surface area contributed by atoms with E-state index in [1.165, 1.54) is 11.8 Å². The number of hydrogen-bond acceptors (Lipinski definition) is 5. The Morgan fingerprint density at radius 3 is 3.00 bits per heavy atom. The van der Waals surface area contributed by atoms with Gasteiger partial charge in [-0.25, -0.2) is 0 Å². The summed E-state index contributed by atoms with van der Waals surface area (Å²) in [7, 11) is 0. The Kier molecular flexibility index (Phi) is 4.70. The molecular formula is C16H15N3OS2. The number of fused-ring (bicyclic) bond motifs is 1. The quantitative estimate of drug-likeness (QED) is 0.726. The maximum atomic E-state index is 12.1. The number of hydrogen-bond donors (Lipinski definition) is 1. The molecule has 0 saturated carbocycles. The third-order valence-electron chi connectivity index (χ3n) is 3.22. The summed E-state index contributed by atoms with van der Waals surface area (Å²) in [6.45, 7) is 1.99. The Labute approximate surface area is 137 Å². The predicted octanol–water partition coefficient (Wildman–Crippen LogP) is 3.66. The van der Waals surface area contributed by atoms with Gasteiger partial charge in [0.2, 0.25) is 5.91 Å². The number of benzene rings is 1. The number of thiophene rings is 1. The highest BCUT2D eigenvalue weighted by atomic mass is 32.2. The highest BCUT2D eigenvalue weighted by Gasteiger charge is 2.12. The van der Waals surface area contributed by atoms with Gasteiger partial charge in [0.05, 0.1) is 18.0 Å². The molecule has 2 heterocycles. The Morgan fingerprint density at radius 2 is 2.18 bits per heavy atom. The van der Waals surface area contributed by atoms with E-state index in [2.05, 4.69) is 15.5 Å². The van der Waals surface area contributed by atoms with Crippen LogP contribution in [0.15, 0.2) is 53.0 Å². The molecule has 0 aliphatic carbocycles. The van der Waals surface area contributed by atoms with Gasteiger partial charge in [0.15, 0.2) is 0 Å². The molecule has 0 fully saturated rings. The Balaban J connectivity index is 1.63. The van der Waals surface area contributed by atoms with Crippen molar-refractivity contribution in [3.05, 3.63) is 52.9 Å². The number of amides is 1. The SMILES string of the molecule is CC(NC(=O)CSc1nncc2ccccc12)c1cccs1. The van der Waals surface area contributed by atoms with Crippen molar-refractivity contribution in [1.29, 1.82) is 0 Å². The lowest BCUT2D eigenvalue weighted by molar-refractivity contribution is -0.119. The van der Waals surface area contributed by atoms with Crippen LogP contribution in [0.1, 0.15) is 17.8 Å². The summed E-state index contributed by atoms with van der Waals surface area (Å²) in [4.78, 5) is 13.2. The van der Waals surface area contributed by atoms with E-state index in [-0.39, 0.29) is 11.9 Å². The van der Waals surface area contributed by atoms with Gasteiger partial charge in [0, 0.05) is 15.6 Å². The highest BCUT2D eigenvalue weighted by Crippen LogP contribution is 2.25. The van der Waals surface area contributed by atoms with E-state index in [1.54, 1.807) is 17.5 Å². The molecule has 0 bridgehead atoms. The first-order valence-corrected chi connectivity index (χ1v) is 8.76. The van der Waals surface area contributed by atoms with E-state index >= 15 is 0 Å². The molecule has 2 aromatic heterocycles. The fourth-order valence-electron chi connectivity index (χ4n) is 2.13. The van der Waals surface area contributed by atoms with Crippen LogP contribution in [0.4, 0.5) is 0 Å². The van der Waals surface area contributed by atoms with Crippen molar-refractivity contribution < 1.29 is 4.79 Å². The van der Waals surface area contributed by atoms with Gasteiger partial charge in [0.1, 0.15) is 5.03 Å². The normalized spacial score (nSPS) is 12.2.